The van der Waals surface area contributed by atoms with Gasteiger partial charge >= 0.3 is 0 Å². The van der Waals surface area contributed by atoms with Crippen LogP contribution in [0.4, 0.5) is 4.39 Å². The highest BCUT2D eigenvalue weighted by Crippen LogP contribution is 2.32. The van der Waals surface area contributed by atoms with Crippen molar-refractivity contribution in [2.24, 2.45) is 0 Å². The Balaban J connectivity index is 2.56. The van der Waals surface area contributed by atoms with Crippen LogP contribution in [-0.2, 0) is 0 Å². The van der Waals surface area contributed by atoms with Gasteiger partial charge in [0.1, 0.15) is 5.82 Å². The van der Waals surface area contributed by atoms with E-state index in [0.717, 1.165) is 25.8 Å². The maximum Gasteiger partial charge on any atom is 0.124 e. The fourth-order valence-corrected chi connectivity index (χ4v) is 3.62. The molecule has 0 spiro atoms. The van der Waals surface area contributed by atoms with E-state index in [1.165, 1.54) is 6.07 Å². The molecular formula is C15H18BrFIN3. The Morgan fingerprint density at radius 3 is 2.71 bits per heavy atom. The molecule has 0 amide bonds. The molecule has 2 aromatic rings. The third-order valence-electron chi connectivity index (χ3n) is 3.23. The van der Waals surface area contributed by atoms with Crippen LogP contribution in [0.2, 0.25) is 0 Å². The van der Waals surface area contributed by atoms with E-state index in [1.54, 1.807) is 6.07 Å². The van der Waals surface area contributed by atoms with Crippen LogP contribution >= 0.6 is 38.5 Å². The van der Waals surface area contributed by atoms with Crippen LogP contribution < -0.4 is 5.32 Å². The quantitative estimate of drug-likeness (QED) is 0.650. The number of nitrogens with one attached hydrogen (secondary N) is 1. The average molecular weight is 466 g/mol. The van der Waals surface area contributed by atoms with Gasteiger partial charge in [0.2, 0.25) is 0 Å². The summed E-state index contributed by atoms with van der Waals surface area (Å²) in [5.41, 5.74) is 2.12. The smallest absolute Gasteiger partial charge is 0.124 e. The molecule has 0 saturated carbocycles. The minimum absolute atomic E-state index is 0.0261. The van der Waals surface area contributed by atoms with Crippen molar-refractivity contribution in [3.05, 3.63) is 49.5 Å². The van der Waals surface area contributed by atoms with Crippen LogP contribution in [0.1, 0.15) is 44.1 Å². The molecule has 1 aromatic heterocycles. The number of nitrogens with zero attached hydrogens (tertiary/aromatic N) is 2. The Bertz CT molecular complexity index is 627. The van der Waals surface area contributed by atoms with Gasteiger partial charge in [0.25, 0.3) is 0 Å². The lowest BCUT2D eigenvalue weighted by molar-refractivity contribution is 0.474. The topological polar surface area (TPSA) is 29.9 Å². The normalized spacial score (nSPS) is 12.9. The molecule has 2 rings (SSSR count). The number of hydrogen-bond donors (Lipinski definition) is 1. The van der Waals surface area contributed by atoms with Crippen molar-refractivity contribution < 1.29 is 4.39 Å². The predicted octanol–water partition coefficient (Wildman–Crippen LogP) is 4.67. The first-order chi connectivity index (χ1) is 9.95. The number of aromatic nitrogens is 2. The van der Waals surface area contributed by atoms with Gasteiger partial charge in [-0.1, -0.05) is 13.0 Å². The number of hydrogen-bond acceptors (Lipinski definition) is 2. The van der Waals surface area contributed by atoms with E-state index in [-0.39, 0.29) is 17.9 Å². The largest absolute Gasteiger partial charge is 0.305 e. The second kappa shape index (κ2) is 7.19. The Labute approximate surface area is 146 Å². The van der Waals surface area contributed by atoms with Crippen molar-refractivity contribution in [3.63, 3.8) is 0 Å². The Kier molecular flexibility index (Phi) is 5.79. The average Bonchev–Trinajstić information content (AvgIpc) is 2.79. The van der Waals surface area contributed by atoms with Gasteiger partial charge in [0.05, 0.1) is 22.4 Å². The molecule has 1 heterocycles. The van der Waals surface area contributed by atoms with Gasteiger partial charge in [0, 0.05) is 9.61 Å². The van der Waals surface area contributed by atoms with E-state index in [9.17, 15) is 4.39 Å². The van der Waals surface area contributed by atoms with E-state index in [4.69, 9.17) is 0 Å². The molecule has 3 nitrogen and oxygen atoms in total. The van der Waals surface area contributed by atoms with Gasteiger partial charge in [0.15, 0.2) is 0 Å². The van der Waals surface area contributed by atoms with E-state index >= 15 is 0 Å². The Morgan fingerprint density at radius 1 is 1.43 bits per heavy atom. The fourth-order valence-electron chi connectivity index (χ4n) is 2.33. The highest BCUT2D eigenvalue weighted by molar-refractivity contribution is 14.1. The van der Waals surface area contributed by atoms with Crippen molar-refractivity contribution in [3.8, 4) is 0 Å². The summed E-state index contributed by atoms with van der Waals surface area (Å²) in [5, 5.41) is 7.92. The second-order valence-electron chi connectivity index (χ2n) is 5.07. The summed E-state index contributed by atoms with van der Waals surface area (Å²) in [6, 6.07) is 5.14. The lowest BCUT2D eigenvalue weighted by atomic mass is 10.0. The molecule has 0 aliphatic carbocycles. The number of rotatable bonds is 5. The first-order valence-corrected chi connectivity index (χ1v) is 8.74. The molecule has 1 unspecified atom stereocenters. The molecule has 114 valence electrons. The SMILES string of the molecule is CCNC(c1ccc(F)cc1I)c1c(Br)cnn1C(C)C. The standard InChI is InChI=1S/C15H18BrFIN3/c1-4-19-14(11-6-5-10(17)7-13(11)18)15-12(16)8-20-21(15)9(2)3/h5-9,14,19H,4H2,1-3H3. The van der Waals surface area contributed by atoms with Gasteiger partial charge < -0.3 is 5.32 Å². The van der Waals surface area contributed by atoms with Gasteiger partial charge in [-0.15, -0.1) is 0 Å². The first-order valence-electron chi connectivity index (χ1n) is 6.87. The lowest BCUT2D eigenvalue weighted by Crippen LogP contribution is -2.26. The van der Waals surface area contributed by atoms with Crippen LogP contribution in [0.25, 0.3) is 0 Å². The molecule has 0 aliphatic rings. The van der Waals surface area contributed by atoms with E-state index in [1.807, 2.05) is 16.9 Å². The molecule has 1 atom stereocenters. The van der Waals surface area contributed by atoms with Gasteiger partial charge in [-0.05, 0) is 76.6 Å². The molecule has 1 N–H and O–H groups in total. The van der Waals surface area contributed by atoms with Crippen LogP contribution in [0.3, 0.4) is 0 Å². The number of benzene rings is 1. The molecule has 0 bridgehead atoms. The minimum atomic E-state index is -0.213. The van der Waals surface area contributed by atoms with Crippen LogP contribution in [0.5, 0.6) is 0 Å². The van der Waals surface area contributed by atoms with Crippen LogP contribution in [0.15, 0.2) is 28.9 Å². The monoisotopic (exact) mass is 465 g/mol. The molecule has 0 aliphatic heterocycles. The summed E-state index contributed by atoms with van der Waals surface area (Å²) in [6.07, 6.45) is 1.82. The highest BCUT2D eigenvalue weighted by atomic mass is 127. The van der Waals surface area contributed by atoms with Gasteiger partial charge in [-0.2, -0.15) is 5.10 Å². The zero-order chi connectivity index (χ0) is 15.6. The summed E-state index contributed by atoms with van der Waals surface area (Å²) >= 11 is 5.77. The van der Waals surface area contributed by atoms with Crippen molar-refractivity contribution >= 4 is 38.5 Å². The maximum absolute atomic E-state index is 13.4. The van der Waals surface area contributed by atoms with E-state index in [2.05, 4.69) is 69.7 Å². The number of halogens is 3. The third-order valence-corrected chi connectivity index (χ3v) is 4.78. The second-order valence-corrected chi connectivity index (χ2v) is 7.09. The zero-order valence-electron chi connectivity index (χ0n) is 12.2. The summed E-state index contributed by atoms with van der Waals surface area (Å²) in [4.78, 5) is 0. The Hall–Kier alpha value is -0.470. The molecule has 6 heteroatoms. The zero-order valence-corrected chi connectivity index (χ0v) is 15.9. The summed E-state index contributed by atoms with van der Waals surface area (Å²) < 4.78 is 17.2. The van der Waals surface area contributed by atoms with E-state index in [0.29, 0.717) is 0 Å². The van der Waals surface area contributed by atoms with Crippen molar-refractivity contribution in [1.82, 2.24) is 15.1 Å². The van der Waals surface area contributed by atoms with Crippen LogP contribution in [0, 0.1) is 9.39 Å². The molecule has 21 heavy (non-hydrogen) atoms. The third kappa shape index (κ3) is 3.65. The maximum atomic E-state index is 13.4. The molecule has 0 saturated heterocycles. The van der Waals surface area contributed by atoms with Gasteiger partial charge in [-0.25, -0.2) is 4.39 Å². The first kappa shape index (κ1) is 16.9. The highest BCUT2D eigenvalue weighted by Gasteiger charge is 2.24. The molecule has 0 radical (unpaired) electrons. The fraction of sp³-hybridized carbons (Fsp3) is 0.400. The van der Waals surface area contributed by atoms with Crippen LogP contribution in [-0.4, -0.2) is 16.3 Å². The summed E-state index contributed by atoms with van der Waals surface area (Å²) in [6.45, 7) is 7.07. The molecule has 1 aromatic carbocycles. The van der Waals surface area contributed by atoms with Crippen molar-refractivity contribution in [2.75, 3.05) is 6.54 Å². The predicted molar refractivity (Wildman–Crippen MR) is 94.9 cm³/mol. The molecular weight excluding hydrogens is 448 g/mol. The molecule has 0 fully saturated rings. The lowest BCUT2D eigenvalue weighted by Gasteiger charge is -2.23. The summed E-state index contributed by atoms with van der Waals surface area (Å²) in [5.74, 6) is -0.213. The van der Waals surface area contributed by atoms with Crippen molar-refractivity contribution in [2.45, 2.75) is 32.9 Å². The van der Waals surface area contributed by atoms with Gasteiger partial charge in [-0.3, -0.25) is 4.68 Å². The van der Waals surface area contributed by atoms with E-state index < -0.39 is 0 Å². The van der Waals surface area contributed by atoms with Crippen molar-refractivity contribution in [1.29, 1.82) is 0 Å². The Morgan fingerprint density at radius 2 is 2.14 bits per heavy atom. The summed E-state index contributed by atoms with van der Waals surface area (Å²) in [7, 11) is 0. The minimum Gasteiger partial charge on any atom is -0.305 e.